The predicted molar refractivity (Wildman–Crippen MR) is 56.9 cm³/mol. The first kappa shape index (κ1) is 9.59. The smallest absolute Gasteiger partial charge is 0.0367 e. The number of nitrogens with one attached hydrogen (secondary N) is 1. The lowest BCUT2D eigenvalue weighted by atomic mass is 10.0. The van der Waals surface area contributed by atoms with Gasteiger partial charge in [0.25, 0.3) is 0 Å². The molecular weight excluding hydrogens is 214 g/mol. The lowest BCUT2D eigenvalue weighted by molar-refractivity contribution is 1.03. The van der Waals surface area contributed by atoms with Crippen molar-refractivity contribution < 1.29 is 0 Å². The molecule has 1 rings (SSSR count). The molecule has 0 saturated carbocycles. The number of rotatable bonds is 0. The van der Waals surface area contributed by atoms with Gasteiger partial charge in [0.15, 0.2) is 0 Å². The highest BCUT2D eigenvalue weighted by Crippen LogP contribution is 2.27. The van der Waals surface area contributed by atoms with Crippen LogP contribution in [0, 0.1) is 0 Å². The van der Waals surface area contributed by atoms with Crippen LogP contribution in [0.5, 0.6) is 0 Å². The van der Waals surface area contributed by atoms with Crippen LogP contribution >= 0.6 is 15.9 Å². The first-order valence-electron chi connectivity index (χ1n) is 4.02. The summed E-state index contributed by atoms with van der Waals surface area (Å²) >= 11 is 3.51. The molecule has 0 atom stereocenters. The standard InChI is InChI=1S/C10H14BrN/c1-6-7(2)9(4)12-5-10(11)8(6)3/h5,12H,1-4H3. The topological polar surface area (TPSA) is 12.0 Å². The normalized spacial score (nSPS) is 18.9. The third-order valence-electron chi connectivity index (χ3n) is 2.46. The van der Waals surface area contributed by atoms with Crippen LogP contribution in [0.2, 0.25) is 0 Å². The molecule has 0 unspecified atom stereocenters. The van der Waals surface area contributed by atoms with E-state index in [1.165, 1.54) is 22.4 Å². The van der Waals surface area contributed by atoms with Crippen LogP contribution in [0.3, 0.4) is 0 Å². The van der Waals surface area contributed by atoms with Gasteiger partial charge in [-0.25, -0.2) is 0 Å². The van der Waals surface area contributed by atoms with Crippen molar-refractivity contribution in [2.24, 2.45) is 0 Å². The number of allylic oxidation sites excluding steroid dienone is 5. The fourth-order valence-electron chi connectivity index (χ4n) is 1.13. The summed E-state index contributed by atoms with van der Waals surface area (Å²) in [5, 5.41) is 3.23. The van der Waals surface area contributed by atoms with Gasteiger partial charge in [0, 0.05) is 16.4 Å². The van der Waals surface area contributed by atoms with Gasteiger partial charge >= 0.3 is 0 Å². The molecule has 0 saturated heterocycles. The van der Waals surface area contributed by atoms with Crippen LogP contribution in [0.1, 0.15) is 27.7 Å². The van der Waals surface area contributed by atoms with Crippen molar-refractivity contribution in [3.8, 4) is 0 Å². The molecule has 2 heteroatoms. The van der Waals surface area contributed by atoms with Gasteiger partial charge in [-0.15, -0.1) is 0 Å². The van der Waals surface area contributed by atoms with Crippen molar-refractivity contribution in [3.05, 3.63) is 33.1 Å². The summed E-state index contributed by atoms with van der Waals surface area (Å²) in [6, 6.07) is 0. The minimum Gasteiger partial charge on any atom is -0.364 e. The molecule has 1 N–H and O–H groups in total. The zero-order chi connectivity index (χ0) is 9.30. The molecule has 0 bridgehead atoms. The molecule has 0 aromatic carbocycles. The van der Waals surface area contributed by atoms with E-state index in [2.05, 4.69) is 48.9 Å². The van der Waals surface area contributed by atoms with Gasteiger partial charge in [-0.05, 0) is 60.3 Å². The molecule has 0 radical (unpaired) electrons. The first-order valence-corrected chi connectivity index (χ1v) is 4.81. The molecule has 1 aliphatic rings. The van der Waals surface area contributed by atoms with Gasteiger partial charge < -0.3 is 5.32 Å². The largest absolute Gasteiger partial charge is 0.364 e. The van der Waals surface area contributed by atoms with Crippen LogP contribution in [0.15, 0.2) is 33.1 Å². The summed E-state index contributed by atoms with van der Waals surface area (Å²) in [7, 11) is 0. The summed E-state index contributed by atoms with van der Waals surface area (Å²) in [6.07, 6.45) is 1.99. The monoisotopic (exact) mass is 227 g/mol. The molecule has 1 heterocycles. The molecule has 0 amide bonds. The van der Waals surface area contributed by atoms with Gasteiger partial charge in [-0.3, -0.25) is 0 Å². The molecule has 12 heavy (non-hydrogen) atoms. The summed E-state index contributed by atoms with van der Waals surface area (Å²) in [4.78, 5) is 0. The molecule has 1 nitrogen and oxygen atoms in total. The molecule has 0 aromatic rings. The molecule has 0 spiro atoms. The lowest BCUT2D eigenvalue weighted by Gasteiger charge is -2.06. The van der Waals surface area contributed by atoms with E-state index < -0.39 is 0 Å². The van der Waals surface area contributed by atoms with Crippen molar-refractivity contribution in [2.45, 2.75) is 27.7 Å². The second kappa shape index (κ2) is 3.48. The third kappa shape index (κ3) is 1.63. The predicted octanol–water partition coefficient (Wildman–Crippen LogP) is 3.46. The van der Waals surface area contributed by atoms with E-state index in [1.54, 1.807) is 0 Å². The van der Waals surface area contributed by atoms with E-state index in [1.807, 2.05) is 6.20 Å². The fraction of sp³-hybridized carbons (Fsp3) is 0.400. The van der Waals surface area contributed by atoms with Gasteiger partial charge in [-0.1, -0.05) is 0 Å². The van der Waals surface area contributed by atoms with E-state index in [-0.39, 0.29) is 0 Å². The van der Waals surface area contributed by atoms with Crippen LogP contribution in [-0.4, -0.2) is 0 Å². The minimum absolute atomic E-state index is 1.14. The van der Waals surface area contributed by atoms with Crippen LogP contribution in [0.4, 0.5) is 0 Å². The Kier molecular flexibility index (Phi) is 2.78. The molecule has 0 fully saturated rings. The quantitative estimate of drug-likeness (QED) is 0.669. The van der Waals surface area contributed by atoms with Crippen LogP contribution < -0.4 is 5.32 Å². The highest BCUT2D eigenvalue weighted by Gasteiger charge is 2.08. The third-order valence-corrected chi connectivity index (χ3v) is 3.28. The number of hydrogen-bond donors (Lipinski definition) is 1. The highest BCUT2D eigenvalue weighted by molar-refractivity contribution is 9.12. The average Bonchev–Trinajstić information content (AvgIpc) is 2.14. The van der Waals surface area contributed by atoms with Gasteiger partial charge in [-0.2, -0.15) is 0 Å². The van der Waals surface area contributed by atoms with E-state index in [0.29, 0.717) is 0 Å². The second-order valence-electron chi connectivity index (χ2n) is 3.14. The Labute approximate surface area is 82.4 Å². The van der Waals surface area contributed by atoms with Crippen molar-refractivity contribution >= 4 is 15.9 Å². The Morgan fingerprint density at radius 3 is 2.17 bits per heavy atom. The zero-order valence-electron chi connectivity index (χ0n) is 7.96. The molecular formula is C10H14BrN. The molecule has 1 aliphatic heterocycles. The maximum atomic E-state index is 3.51. The Bertz CT molecular complexity index is 295. The SMILES string of the molecule is CC1=C(C)C(C)=C(C)C(Br)=CN1. The highest BCUT2D eigenvalue weighted by atomic mass is 79.9. The molecule has 66 valence electrons. The van der Waals surface area contributed by atoms with Gasteiger partial charge in [0.05, 0.1) is 0 Å². The van der Waals surface area contributed by atoms with Crippen molar-refractivity contribution in [1.29, 1.82) is 0 Å². The second-order valence-corrected chi connectivity index (χ2v) is 3.99. The van der Waals surface area contributed by atoms with Crippen LogP contribution in [-0.2, 0) is 0 Å². The maximum Gasteiger partial charge on any atom is 0.0367 e. The minimum atomic E-state index is 1.14. The first-order chi connectivity index (χ1) is 5.54. The Morgan fingerprint density at radius 2 is 1.58 bits per heavy atom. The maximum absolute atomic E-state index is 3.51. The Balaban J connectivity index is 3.23. The van der Waals surface area contributed by atoms with Gasteiger partial charge in [0.1, 0.15) is 0 Å². The number of hydrogen-bond acceptors (Lipinski definition) is 1. The summed E-state index contributed by atoms with van der Waals surface area (Å²) in [6.45, 7) is 8.50. The fourth-order valence-corrected chi connectivity index (χ4v) is 1.54. The summed E-state index contributed by atoms with van der Waals surface area (Å²) < 4.78 is 1.14. The van der Waals surface area contributed by atoms with Gasteiger partial charge in [0.2, 0.25) is 0 Å². The van der Waals surface area contributed by atoms with E-state index >= 15 is 0 Å². The van der Waals surface area contributed by atoms with Crippen molar-refractivity contribution in [1.82, 2.24) is 5.32 Å². The van der Waals surface area contributed by atoms with E-state index in [9.17, 15) is 0 Å². The summed E-state index contributed by atoms with van der Waals surface area (Å²) in [5.74, 6) is 0. The molecule has 0 aliphatic carbocycles. The lowest BCUT2D eigenvalue weighted by Crippen LogP contribution is -2.02. The van der Waals surface area contributed by atoms with E-state index in [0.717, 1.165) is 4.48 Å². The number of halogens is 1. The van der Waals surface area contributed by atoms with Crippen molar-refractivity contribution in [3.63, 3.8) is 0 Å². The van der Waals surface area contributed by atoms with Crippen LogP contribution in [0.25, 0.3) is 0 Å². The van der Waals surface area contributed by atoms with E-state index in [4.69, 9.17) is 0 Å². The molecule has 0 aromatic heterocycles. The van der Waals surface area contributed by atoms with Crippen molar-refractivity contribution in [2.75, 3.05) is 0 Å². The summed E-state index contributed by atoms with van der Waals surface area (Å²) in [5.41, 5.74) is 5.21. The average molecular weight is 228 g/mol. The Morgan fingerprint density at radius 1 is 1.00 bits per heavy atom. The Hall–Kier alpha value is -0.500. The zero-order valence-corrected chi connectivity index (χ0v) is 9.54.